The SMILES string of the molecule is C=Cc1nc(Cl)ccc1NC(C)c1cccc2c1nc(N1CCCCC1)n1cc(C(F)(F)F)nc21. The highest BCUT2D eigenvalue weighted by Gasteiger charge is 2.35. The van der Waals surface area contributed by atoms with Crippen molar-refractivity contribution in [2.45, 2.75) is 38.4 Å². The summed E-state index contributed by atoms with van der Waals surface area (Å²) in [6, 6.07) is 8.78. The first-order chi connectivity index (χ1) is 16.8. The van der Waals surface area contributed by atoms with Crippen molar-refractivity contribution in [3.8, 4) is 0 Å². The Morgan fingerprint density at radius 1 is 1.09 bits per heavy atom. The van der Waals surface area contributed by atoms with Crippen LogP contribution in [-0.2, 0) is 6.18 Å². The molecule has 4 aromatic rings. The normalized spacial score (nSPS) is 15.5. The van der Waals surface area contributed by atoms with E-state index in [-0.39, 0.29) is 11.7 Å². The highest BCUT2D eigenvalue weighted by Crippen LogP contribution is 2.35. The molecule has 0 amide bonds. The van der Waals surface area contributed by atoms with Gasteiger partial charge in [0.15, 0.2) is 5.69 Å². The third-order valence-corrected chi connectivity index (χ3v) is 6.50. The number of anilines is 2. The molecule has 0 radical (unpaired) electrons. The van der Waals surface area contributed by atoms with Crippen LogP contribution in [0.2, 0.25) is 5.15 Å². The molecule has 182 valence electrons. The first-order valence-electron chi connectivity index (χ1n) is 11.5. The lowest BCUT2D eigenvalue weighted by Gasteiger charge is -2.29. The Bertz CT molecular complexity index is 1410. The van der Waals surface area contributed by atoms with Gasteiger partial charge in [0.05, 0.1) is 22.9 Å². The Kier molecular flexibility index (Phi) is 6.04. The average molecular weight is 501 g/mol. The zero-order valence-corrected chi connectivity index (χ0v) is 19.9. The molecule has 5 rings (SSSR count). The highest BCUT2D eigenvalue weighted by atomic mass is 35.5. The van der Waals surface area contributed by atoms with Crippen LogP contribution in [0.1, 0.15) is 49.2 Å². The van der Waals surface area contributed by atoms with Gasteiger partial charge >= 0.3 is 6.18 Å². The maximum atomic E-state index is 13.6. The number of nitrogens with one attached hydrogen (secondary N) is 1. The van der Waals surface area contributed by atoms with E-state index >= 15 is 0 Å². The standard InChI is InChI=1S/C25H24ClF3N6/c1-3-18-19(10-11-21(26)31-18)30-15(2)16-8-7-9-17-22(16)33-24(34-12-5-4-6-13-34)35-14-20(25(27,28)29)32-23(17)35/h3,7-11,14-15,30H,1,4-6,12-13H2,2H3. The van der Waals surface area contributed by atoms with Crippen molar-refractivity contribution in [1.29, 1.82) is 0 Å². The zero-order chi connectivity index (χ0) is 24.7. The lowest BCUT2D eigenvalue weighted by atomic mass is 10.0. The summed E-state index contributed by atoms with van der Waals surface area (Å²) in [5.41, 5.74) is 2.12. The molecule has 4 heterocycles. The lowest BCUT2D eigenvalue weighted by Crippen LogP contribution is -2.32. The van der Waals surface area contributed by atoms with Crippen molar-refractivity contribution in [2.24, 2.45) is 0 Å². The molecule has 1 aliphatic heterocycles. The van der Waals surface area contributed by atoms with E-state index in [1.807, 2.05) is 30.0 Å². The number of nitrogens with zero attached hydrogens (tertiary/aromatic N) is 5. The topological polar surface area (TPSA) is 58.4 Å². The van der Waals surface area contributed by atoms with Crippen LogP contribution in [0.25, 0.3) is 22.6 Å². The maximum absolute atomic E-state index is 13.6. The molecule has 3 aromatic heterocycles. The maximum Gasteiger partial charge on any atom is 0.434 e. The van der Waals surface area contributed by atoms with Gasteiger partial charge in [-0.15, -0.1) is 0 Å². The molecule has 0 saturated carbocycles. The van der Waals surface area contributed by atoms with Crippen molar-refractivity contribution in [2.75, 3.05) is 23.3 Å². The van der Waals surface area contributed by atoms with Crippen LogP contribution in [0.4, 0.5) is 24.8 Å². The molecule has 35 heavy (non-hydrogen) atoms. The van der Waals surface area contributed by atoms with Gasteiger partial charge in [-0.3, -0.25) is 4.40 Å². The van der Waals surface area contributed by atoms with Crippen LogP contribution in [0.15, 0.2) is 43.1 Å². The average Bonchev–Trinajstić information content (AvgIpc) is 3.31. The predicted octanol–water partition coefficient (Wildman–Crippen LogP) is 6.76. The Morgan fingerprint density at radius 2 is 1.86 bits per heavy atom. The number of pyridine rings is 1. The molecular weight excluding hydrogens is 477 g/mol. The third-order valence-electron chi connectivity index (χ3n) is 6.29. The molecule has 1 N–H and O–H groups in total. The second-order valence-corrected chi connectivity index (χ2v) is 9.04. The summed E-state index contributed by atoms with van der Waals surface area (Å²) in [5.74, 6) is 0.481. The first-order valence-corrected chi connectivity index (χ1v) is 11.8. The summed E-state index contributed by atoms with van der Waals surface area (Å²) < 4.78 is 42.3. The van der Waals surface area contributed by atoms with Gasteiger partial charge in [0, 0.05) is 30.2 Å². The number of para-hydroxylation sites is 1. The minimum atomic E-state index is -4.55. The second-order valence-electron chi connectivity index (χ2n) is 8.66. The first kappa shape index (κ1) is 23.4. The Morgan fingerprint density at radius 3 is 2.57 bits per heavy atom. The van der Waals surface area contributed by atoms with Gasteiger partial charge < -0.3 is 10.2 Å². The quantitative estimate of drug-likeness (QED) is 0.307. The van der Waals surface area contributed by atoms with E-state index < -0.39 is 11.9 Å². The fraction of sp³-hybridized carbons (Fsp3) is 0.320. The fourth-order valence-electron chi connectivity index (χ4n) is 4.58. The van der Waals surface area contributed by atoms with E-state index in [9.17, 15) is 13.2 Å². The van der Waals surface area contributed by atoms with Crippen LogP contribution in [0, 0.1) is 0 Å². The van der Waals surface area contributed by atoms with Crippen molar-refractivity contribution >= 4 is 45.9 Å². The van der Waals surface area contributed by atoms with Gasteiger partial charge in [0.2, 0.25) is 5.95 Å². The number of fused-ring (bicyclic) bond motifs is 3. The van der Waals surface area contributed by atoms with Gasteiger partial charge in [0.25, 0.3) is 0 Å². The Balaban J connectivity index is 1.67. The van der Waals surface area contributed by atoms with Crippen LogP contribution >= 0.6 is 11.6 Å². The Labute approximate surface area is 205 Å². The molecule has 1 atom stereocenters. The monoisotopic (exact) mass is 500 g/mol. The molecule has 1 unspecified atom stereocenters. The number of hydrogen-bond acceptors (Lipinski definition) is 5. The van der Waals surface area contributed by atoms with Crippen LogP contribution in [-0.4, -0.2) is 32.4 Å². The fourth-order valence-corrected chi connectivity index (χ4v) is 4.74. The minimum absolute atomic E-state index is 0.235. The highest BCUT2D eigenvalue weighted by molar-refractivity contribution is 6.29. The van der Waals surface area contributed by atoms with Gasteiger partial charge in [-0.2, -0.15) is 13.2 Å². The van der Waals surface area contributed by atoms with Crippen LogP contribution in [0.5, 0.6) is 0 Å². The summed E-state index contributed by atoms with van der Waals surface area (Å²) in [4.78, 5) is 15.3. The third kappa shape index (κ3) is 4.40. The molecule has 1 aromatic carbocycles. The zero-order valence-electron chi connectivity index (χ0n) is 19.1. The lowest BCUT2D eigenvalue weighted by molar-refractivity contribution is -0.140. The van der Waals surface area contributed by atoms with E-state index in [0.29, 0.717) is 27.7 Å². The number of benzene rings is 1. The largest absolute Gasteiger partial charge is 0.434 e. The van der Waals surface area contributed by atoms with Gasteiger partial charge in [-0.1, -0.05) is 30.3 Å². The van der Waals surface area contributed by atoms with Crippen molar-refractivity contribution in [3.63, 3.8) is 0 Å². The van der Waals surface area contributed by atoms with E-state index in [1.54, 1.807) is 18.2 Å². The second kappa shape index (κ2) is 9.03. The van der Waals surface area contributed by atoms with Crippen molar-refractivity contribution in [3.05, 3.63) is 65.2 Å². The molecule has 6 nitrogen and oxygen atoms in total. The molecular formula is C25H24ClF3N6. The number of imidazole rings is 1. The number of rotatable bonds is 5. The van der Waals surface area contributed by atoms with Crippen molar-refractivity contribution in [1.82, 2.24) is 19.4 Å². The summed E-state index contributed by atoms with van der Waals surface area (Å²) in [7, 11) is 0. The van der Waals surface area contributed by atoms with E-state index in [4.69, 9.17) is 16.6 Å². The summed E-state index contributed by atoms with van der Waals surface area (Å²) in [5, 5.41) is 4.34. The molecule has 10 heteroatoms. The molecule has 0 aliphatic carbocycles. The molecule has 1 aliphatic rings. The number of hydrogen-bond donors (Lipinski definition) is 1. The number of halogens is 4. The number of alkyl halides is 3. The molecule has 0 spiro atoms. The Hall–Kier alpha value is -3.33. The van der Waals surface area contributed by atoms with Crippen LogP contribution < -0.4 is 10.2 Å². The summed E-state index contributed by atoms with van der Waals surface area (Å²) in [6.45, 7) is 7.24. The number of aromatic nitrogens is 4. The van der Waals surface area contributed by atoms with Crippen molar-refractivity contribution < 1.29 is 13.2 Å². The van der Waals surface area contributed by atoms with Gasteiger partial charge in [0.1, 0.15) is 10.8 Å². The molecule has 1 fully saturated rings. The van der Waals surface area contributed by atoms with E-state index in [2.05, 4.69) is 21.9 Å². The van der Waals surface area contributed by atoms with E-state index in [1.165, 1.54) is 4.40 Å². The summed E-state index contributed by atoms with van der Waals surface area (Å²) in [6.07, 6.45) is 1.15. The van der Waals surface area contributed by atoms with Crippen LogP contribution in [0.3, 0.4) is 0 Å². The summed E-state index contributed by atoms with van der Waals surface area (Å²) >= 11 is 6.02. The van der Waals surface area contributed by atoms with Gasteiger partial charge in [-0.25, -0.2) is 15.0 Å². The van der Waals surface area contributed by atoms with E-state index in [0.717, 1.165) is 49.8 Å². The smallest absolute Gasteiger partial charge is 0.377 e. The number of piperidine rings is 1. The molecule has 0 bridgehead atoms. The molecule has 1 saturated heterocycles. The minimum Gasteiger partial charge on any atom is -0.377 e. The predicted molar refractivity (Wildman–Crippen MR) is 133 cm³/mol. The van der Waals surface area contributed by atoms with Gasteiger partial charge in [-0.05, 0) is 50.5 Å².